The van der Waals surface area contributed by atoms with Gasteiger partial charge < -0.3 is 9.94 Å². The first-order chi connectivity index (χ1) is 12.5. The summed E-state index contributed by atoms with van der Waals surface area (Å²) < 4.78 is 13.4. The first-order valence-corrected chi connectivity index (χ1v) is 9.01. The standard InChI is InChI=1S/C20H22ClFN2O2/c1-14(25)11-24(12-15-3-2-4-18(22)9-15)13-19-10-20(23-26-19)16-5-7-17(21)8-6-16/h2-9,14,19,25H,10-13H2,1H3/t14-,19+/m0/s1. The highest BCUT2D eigenvalue weighted by Gasteiger charge is 2.25. The number of rotatable bonds is 7. The van der Waals surface area contributed by atoms with E-state index in [2.05, 4.69) is 10.1 Å². The Hall–Kier alpha value is -1.95. The fourth-order valence-electron chi connectivity index (χ4n) is 3.10. The third kappa shape index (κ3) is 5.27. The molecule has 4 nitrogen and oxygen atoms in total. The van der Waals surface area contributed by atoms with E-state index in [4.69, 9.17) is 16.4 Å². The summed E-state index contributed by atoms with van der Waals surface area (Å²) in [5.74, 6) is -0.259. The maximum Gasteiger partial charge on any atom is 0.145 e. The number of hydrogen-bond acceptors (Lipinski definition) is 4. The quantitative estimate of drug-likeness (QED) is 0.798. The summed E-state index contributed by atoms with van der Waals surface area (Å²) >= 11 is 5.92. The molecule has 0 saturated carbocycles. The van der Waals surface area contributed by atoms with Crippen molar-refractivity contribution in [2.24, 2.45) is 5.16 Å². The van der Waals surface area contributed by atoms with E-state index < -0.39 is 6.10 Å². The van der Waals surface area contributed by atoms with E-state index >= 15 is 0 Å². The average Bonchev–Trinajstić information content (AvgIpc) is 3.03. The SMILES string of the molecule is C[C@H](O)CN(Cc1cccc(F)c1)C[C@H]1CC(c2ccc(Cl)cc2)=NO1. The summed E-state index contributed by atoms with van der Waals surface area (Å²) in [6.45, 7) is 3.36. The van der Waals surface area contributed by atoms with Crippen molar-refractivity contribution in [3.63, 3.8) is 0 Å². The summed E-state index contributed by atoms with van der Waals surface area (Å²) in [4.78, 5) is 7.64. The molecular weight excluding hydrogens is 355 g/mol. The lowest BCUT2D eigenvalue weighted by Gasteiger charge is -2.25. The zero-order chi connectivity index (χ0) is 18.5. The van der Waals surface area contributed by atoms with Crippen molar-refractivity contribution in [3.8, 4) is 0 Å². The zero-order valence-corrected chi connectivity index (χ0v) is 15.4. The Labute approximate surface area is 157 Å². The van der Waals surface area contributed by atoms with Crippen molar-refractivity contribution >= 4 is 17.3 Å². The third-order valence-electron chi connectivity index (χ3n) is 4.19. The summed E-state index contributed by atoms with van der Waals surface area (Å²) in [6.07, 6.45) is 0.0933. The minimum Gasteiger partial charge on any atom is -0.392 e. The Morgan fingerprint density at radius 2 is 2.08 bits per heavy atom. The van der Waals surface area contributed by atoms with Gasteiger partial charge in [-0.15, -0.1) is 0 Å². The van der Waals surface area contributed by atoms with Gasteiger partial charge in [-0.3, -0.25) is 4.90 Å². The number of benzene rings is 2. The zero-order valence-electron chi connectivity index (χ0n) is 14.6. The highest BCUT2D eigenvalue weighted by molar-refractivity contribution is 6.30. The predicted octanol–water partition coefficient (Wildman–Crippen LogP) is 3.86. The van der Waals surface area contributed by atoms with Gasteiger partial charge in [0, 0.05) is 31.1 Å². The van der Waals surface area contributed by atoms with Crippen LogP contribution in [0.25, 0.3) is 0 Å². The molecule has 1 heterocycles. The molecule has 0 amide bonds. The fourth-order valence-corrected chi connectivity index (χ4v) is 3.22. The number of nitrogens with zero attached hydrogens (tertiary/aromatic N) is 2. The lowest BCUT2D eigenvalue weighted by Crippen LogP contribution is -2.37. The molecule has 2 atom stereocenters. The van der Waals surface area contributed by atoms with Crippen molar-refractivity contribution in [2.45, 2.75) is 32.1 Å². The van der Waals surface area contributed by atoms with Crippen LogP contribution in [0.4, 0.5) is 4.39 Å². The number of hydrogen-bond donors (Lipinski definition) is 1. The Kier molecular flexibility index (Phi) is 6.25. The van der Waals surface area contributed by atoms with Gasteiger partial charge in [0.05, 0.1) is 11.8 Å². The van der Waals surface area contributed by atoms with E-state index in [0.29, 0.717) is 31.1 Å². The van der Waals surface area contributed by atoms with Gasteiger partial charge in [0.15, 0.2) is 0 Å². The van der Waals surface area contributed by atoms with Crippen molar-refractivity contribution in [1.29, 1.82) is 0 Å². The van der Waals surface area contributed by atoms with E-state index in [9.17, 15) is 9.50 Å². The molecule has 1 aliphatic rings. The van der Waals surface area contributed by atoms with Gasteiger partial charge in [-0.05, 0) is 42.3 Å². The molecule has 3 rings (SSSR count). The van der Waals surface area contributed by atoms with Crippen LogP contribution in [0.3, 0.4) is 0 Å². The van der Waals surface area contributed by atoms with Gasteiger partial charge in [-0.2, -0.15) is 0 Å². The topological polar surface area (TPSA) is 45.1 Å². The second-order valence-corrected chi connectivity index (χ2v) is 7.09. The summed E-state index contributed by atoms with van der Waals surface area (Å²) in [5, 5.41) is 14.7. The van der Waals surface area contributed by atoms with Crippen LogP contribution in [0.2, 0.25) is 5.02 Å². The van der Waals surface area contributed by atoms with Crippen LogP contribution >= 0.6 is 11.6 Å². The monoisotopic (exact) mass is 376 g/mol. The smallest absolute Gasteiger partial charge is 0.145 e. The minimum atomic E-state index is -0.485. The third-order valence-corrected chi connectivity index (χ3v) is 4.44. The first-order valence-electron chi connectivity index (χ1n) is 8.63. The van der Waals surface area contributed by atoms with Crippen LogP contribution in [0.5, 0.6) is 0 Å². The lowest BCUT2D eigenvalue weighted by molar-refractivity contribution is 0.0351. The number of oxime groups is 1. The molecule has 6 heteroatoms. The van der Waals surface area contributed by atoms with Crippen molar-refractivity contribution in [1.82, 2.24) is 4.90 Å². The van der Waals surface area contributed by atoms with Gasteiger partial charge in [-0.1, -0.05) is 41.0 Å². The number of aliphatic hydroxyl groups is 1. The van der Waals surface area contributed by atoms with Crippen molar-refractivity contribution in [3.05, 3.63) is 70.5 Å². The van der Waals surface area contributed by atoms with Gasteiger partial charge in [0.25, 0.3) is 0 Å². The molecule has 2 aromatic carbocycles. The van der Waals surface area contributed by atoms with Crippen LogP contribution in [0, 0.1) is 5.82 Å². The number of halogens is 2. The van der Waals surface area contributed by atoms with E-state index in [1.165, 1.54) is 12.1 Å². The lowest BCUT2D eigenvalue weighted by atomic mass is 10.0. The minimum absolute atomic E-state index is 0.104. The highest BCUT2D eigenvalue weighted by atomic mass is 35.5. The van der Waals surface area contributed by atoms with E-state index in [1.54, 1.807) is 13.0 Å². The molecule has 0 bridgehead atoms. The molecule has 0 unspecified atom stereocenters. The normalized spacial score (nSPS) is 17.9. The Bertz CT molecular complexity index is 765. The summed E-state index contributed by atoms with van der Waals surface area (Å²) in [5.41, 5.74) is 2.74. The van der Waals surface area contributed by atoms with E-state index in [0.717, 1.165) is 16.8 Å². The molecule has 26 heavy (non-hydrogen) atoms. The molecule has 0 spiro atoms. The molecule has 138 valence electrons. The van der Waals surface area contributed by atoms with Gasteiger partial charge >= 0.3 is 0 Å². The molecule has 0 saturated heterocycles. The van der Waals surface area contributed by atoms with Crippen molar-refractivity contribution < 1.29 is 14.3 Å². The van der Waals surface area contributed by atoms with Gasteiger partial charge in [0.2, 0.25) is 0 Å². The summed E-state index contributed by atoms with van der Waals surface area (Å²) in [6, 6.07) is 14.0. The second kappa shape index (κ2) is 8.62. The Balaban J connectivity index is 1.62. The molecule has 2 aromatic rings. The molecule has 0 radical (unpaired) electrons. The second-order valence-electron chi connectivity index (χ2n) is 6.65. The molecule has 0 aromatic heterocycles. The van der Waals surface area contributed by atoms with Crippen LogP contribution in [-0.4, -0.2) is 41.0 Å². The summed E-state index contributed by atoms with van der Waals surface area (Å²) in [7, 11) is 0. The molecule has 0 fully saturated rings. The fraction of sp³-hybridized carbons (Fsp3) is 0.350. The molecule has 1 aliphatic heterocycles. The van der Waals surface area contributed by atoms with Gasteiger partial charge in [-0.25, -0.2) is 4.39 Å². The van der Waals surface area contributed by atoms with Crippen molar-refractivity contribution in [2.75, 3.05) is 13.1 Å². The molecule has 0 aliphatic carbocycles. The number of aliphatic hydroxyl groups excluding tert-OH is 1. The first kappa shape index (κ1) is 18.8. The average molecular weight is 377 g/mol. The Morgan fingerprint density at radius 3 is 2.77 bits per heavy atom. The van der Waals surface area contributed by atoms with Crippen LogP contribution in [-0.2, 0) is 11.4 Å². The van der Waals surface area contributed by atoms with Gasteiger partial charge in [0.1, 0.15) is 11.9 Å². The maximum atomic E-state index is 13.4. The van der Waals surface area contributed by atoms with Crippen LogP contribution < -0.4 is 0 Å². The largest absolute Gasteiger partial charge is 0.392 e. The molecule has 1 N–H and O–H groups in total. The molecular formula is C20H22ClFN2O2. The maximum absolute atomic E-state index is 13.4. The predicted molar refractivity (Wildman–Crippen MR) is 101 cm³/mol. The van der Waals surface area contributed by atoms with Crippen LogP contribution in [0.1, 0.15) is 24.5 Å². The van der Waals surface area contributed by atoms with E-state index in [1.807, 2.05) is 30.3 Å². The van der Waals surface area contributed by atoms with Crippen LogP contribution in [0.15, 0.2) is 53.7 Å². The highest BCUT2D eigenvalue weighted by Crippen LogP contribution is 2.20. The van der Waals surface area contributed by atoms with E-state index in [-0.39, 0.29) is 11.9 Å². The Morgan fingerprint density at radius 1 is 1.31 bits per heavy atom.